The van der Waals surface area contributed by atoms with Gasteiger partial charge in [-0.15, -0.1) is 0 Å². The van der Waals surface area contributed by atoms with Crippen molar-refractivity contribution in [2.24, 2.45) is 5.73 Å². The normalized spacial score (nSPS) is 16.2. The summed E-state index contributed by atoms with van der Waals surface area (Å²) in [5.41, 5.74) is 8.13. The maximum absolute atomic E-state index is 5.62. The minimum atomic E-state index is 0.767. The molecule has 1 heterocycles. The highest BCUT2D eigenvalue weighted by Gasteiger charge is 2.24. The van der Waals surface area contributed by atoms with Crippen molar-refractivity contribution < 1.29 is 0 Å². The Bertz CT molecular complexity index is 347. The molecule has 17 heavy (non-hydrogen) atoms. The van der Waals surface area contributed by atoms with Crippen molar-refractivity contribution in [2.75, 3.05) is 13.1 Å². The van der Waals surface area contributed by atoms with Crippen LogP contribution in [-0.2, 0) is 6.54 Å². The highest BCUT2D eigenvalue weighted by molar-refractivity contribution is 5.17. The Kier molecular flexibility index (Phi) is 4.51. The third kappa shape index (κ3) is 3.27. The second kappa shape index (κ2) is 6.12. The molecule has 0 atom stereocenters. The van der Waals surface area contributed by atoms with Gasteiger partial charge in [-0.1, -0.05) is 12.5 Å². The van der Waals surface area contributed by atoms with E-state index in [0.717, 1.165) is 32.1 Å². The van der Waals surface area contributed by atoms with Crippen molar-refractivity contribution in [2.45, 2.75) is 45.2 Å². The standard InChI is InChI=1S/C14H23N3/c1-12-5-3-9-16-14(12)11-17(10-4-8-15)13-6-2-7-13/h3,5,9,13H,2,4,6-8,10-11,15H2,1H3. The minimum absolute atomic E-state index is 0.767. The lowest BCUT2D eigenvalue weighted by molar-refractivity contribution is 0.117. The summed E-state index contributed by atoms with van der Waals surface area (Å²) in [4.78, 5) is 7.06. The Morgan fingerprint density at radius 1 is 1.47 bits per heavy atom. The summed E-state index contributed by atoms with van der Waals surface area (Å²) in [5.74, 6) is 0. The topological polar surface area (TPSA) is 42.2 Å². The van der Waals surface area contributed by atoms with Gasteiger partial charge in [0.2, 0.25) is 0 Å². The van der Waals surface area contributed by atoms with E-state index in [1.54, 1.807) is 0 Å². The molecule has 0 aromatic carbocycles. The average molecular weight is 233 g/mol. The molecule has 1 fully saturated rings. The zero-order valence-electron chi connectivity index (χ0n) is 10.7. The lowest BCUT2D eigenvalue weighted by Gasteiger charge is -2.37. The van der Waals surface area contributed by atoms with Crippen LogP contribution in [0.2, 0.25) is 0 Å². The predicted molar refractivity (Wildman–Crippen MR) is 70.7 cm³/mol. The first-order valence-corrected chi connectivity index (χ1v) is 6.66. The molecule has 0 bridgehead atoms. The zero-order chi connectivity index (χ0) is 12.1. The fraction of sp³-hybridized carbons (Fsp3) is 0.643. The first kappa shape index (κ1) is 12.5. The number of pyridine rings is 1. The molecule has 1 saturated carbocycles. The number of rotatable bonds is 6. The molecule has 0 spiro atoms. The molecular formula is C14H23N3. The molecule has 94 valence electrons. The Morgan fingerprint density at radius 2 is 2.29 bits per heavy atom. The van der Waals surface area contributed by atoms with Crippen LogP contribution in [0.1, 0.15) is 36.9 Å². The summed E-state index contributed by atoms with van der Waals surface area (Å²) in [6, 6.07) is 4.92. The van der Waals surface area contributed by atoms with Gasteiger partial charge in [0, 0.05) is 25.3 Å². The van der Waals surface area contributed by atoms with E-state index in [2.05, 4.69) is 22.9 Å². The number of nitrogens with two attached hydrogens (primary N) is 1. The molecule has 0 saturated heterocycles. The molecule has 0 amide bonds. The van der Waals surface area contributed by atoms with E-state index in [-0.39, 0.29) is 0 Å². The molecule has 3 nitrogen and oxygen atoms in total. The van der Waals surface area contributed by atoms with E-state index in [1.807, 2.05) is 12.3 Å². The molecular weight excluding hydrogens is 210 g/mol. The van der Waals surface area contributed by atoms with Crippen molar-refractivity contribution >= 4 is 0 Å². The van der Waals surface area contributed by atoms with Crippen LogP contribution in [0.5, 0.6) is 0 Å². The van der Waals surface area contributed by atoms with E-state index in [0.29, 0.717) is 0 Å². The Hall–Kier alpha value is -0.930. The van der Waals surface area contributed by atoms with Crippen molar-refractivity contribution in [3.05, 3.63) is 29.6 Å². The summed E-state index contributed by atoms with van der Waals surface area (Å²) in [6.07, 6.45) is 7.05. The second-order valence-corrected chi connectivity index (χ2v) is 4.96. The van der Waals surface area contributed by atoms with Gasteiger partial charge in [-0.3, -0.25) is 9.88 Å². The maximum Gasteiger partial charge on any atom is 0.0573 e. The summed E-state index contributed by atoms with van der Waals surface area (Å²) in [5, 5.41) is 0. The fourth-order valence-electron chi connectivity index (χ4n) is 2.31. The minimum Gasteiger partial charge on any atom is -0.330 e. The quantitative estimate of drug-likeness (QED) is 0.818. The van der Waals surface area contributed by atoms with E-state index in [1.165, 1.54) is 30.5 Å². The van der Waals surface area contributed by atoms with Gasteiger partial charge in [-0.05, 0) is 44.4 Å². The molecule has 1 aliphatic rings. The molecule has 2 rings (SSSR count). The summed E-state index contributed by atoms with van der Waals surface area (Å²) in [6.45, 7) is 5.02. The summed E-state index contributed by atoms with van der Waals surface area (Å²) < 4.78 is 0. The molecule has 1 aromatic heterocycles. The van der Waals surface area contributed by atoms with Crippen LogP contribution in [0.25, 0.3) is 0 Å². The van der Waals surface area contributed by atoms with Crippen LogP contribution >= 0.6 is 0 Å². The molecule has 3 heteroatoms. The predicted octanol–water partition coefficient (Wildman–Crippen LogP) is 2.09. The Morgan fingerprint density at radius 3 is 2.88 bits per heavy atom. The number of hydrogen-bond acceptors (Lipinski definition) is 3. The SMILES string of the molecule is Cc1cccnc1CN(CCCN)C1CCC1. The lowest BCUT2D eigenvalue weighted by atomic mass is 9.91. The Labute approximate surface area is 104 Å². The third-order valence-corrected chi connectivity index (χ3v) is 3.71. The van der Waals surface area contributed by atoms with Gasteiger partial charge in [0.1, 0.15) is 0 Å². The van der Waals surface area contributed by atoms with Gasteiger partial charge in [-0.25, -0.2) is 0 Å². The zero-order valence-corrected chi connectivity index (χ0v) is 10.7. The van der Waals surface area contributed by atoms with E-state index in [9.17, 15) is 0 Å². The Balaban J connectivity index is 1.98. The van der Waals surface area contributed by atoms with Gasteiger partial charge < -0.3 is 5.73 Å². The average Bonchev–Trinajstić information content (AvgIpc) is 2.26. The molecule has 0 unspecified atom stereocenters. The first-order valence-electron chi connectivity index (χ1n) is 6.66. The molecule has 0 radical (unpaired) electrons. The van der Waals surface area contributed by atoms with Crippen LogP contribution in [-0.4, -0.2) is 29.0 Å². The van der Waals surface area contributed by atoms with Crippen LogP contribution in [0.15, 0.2) is 18.3 Å². The number of aromatic nitrogens is 1. The van der Waals surface area contributed by atoms with E-state index >= 15 is 0 Å². The van der Waals surface area contributed by atoms with Crippen molar-refractivity contribution in [3.8, 4) is 0 Å². The lowest BCUT2D eigenvalue weighted by Crippen LogP contribution is -2.41. The highest BCUT2D eigenvalue weighted by atomic mass is 15.2. The smallest absolute Gasteiger partial charge is 0.0573 e. The fourth-order valence-corrected chi connectivity index (χ4v) is 2.31. The van der Waals surface area contributed by atoms with E-state index < -0.39 is 0 Å². The van der Waals surface area contributed by atoms with Gasteiger partial charge in [0.05, 0.1) is 5.69 Å². The molecule has 1 aliphatic carbocycles. The summed E-state index contributed by atoms with van der Waals surface area (Å²) in [7, 11) is 0. The third-order valence-electron chi connectivity index (χ3n) is 3.71. The van der Waals surface area contributed by atoms with Crippen LogP contribution in [0.3, 0.4) is 0 Å². The molecule has 0 aliphatic heterocycles. The molecule has 2 N–H and O–H groups in total. The largest absolute Gasteiger partial charge is 0.330 e. The second-order valence-electron chi connectivity index (χ2n) is 4.96. The van der Waals surface area contributed by atoms with Gasteiger partial charge in [0.25, 0.3) is 0 Å². The number of aryl methyl sites for hydroxylation is 1. The van der Waals surface area contributed by atoms with Gasteiger partial charge >= 0.3 is 0 Å². The van der Waals surface area contributed by atoms with Crippen LogP contribution < -0.4 is 5.73 Å². The molecule has 1 aromatic rings. The summed E-state index contributed by atoms with van der Waals surface area (Å²) >= 11 is 0. The van der Waals surface area contributed by atoms with Crippen LogP contribution in [0, 0.1) is 6.92 Å². The van der Waals surface area contributed by atoms with Crippen molar-refractivity contribution in [1.29, 1.82) is 0 Å². The highest BCUT2D eigenvalue weighted by Crippen LogP contribution is 2.26. The van der Waals surface area contributed by atoms with E-state index in [4.69, 9.17) is 5.73 Å². The first-order chi connectivity index (χ1) is 8.31. The monoisotopic (exact) mass is 233 g/mol. The maximum atomic E-state index is 5.62. The van der Waals surface area contributed by atoms with Gasteiger partial charge in [-0.2, -0.15) is 0 Å². The van der Waals surface area contributed by atoms with Crippen molar-refractivity contribution in [3.63, 3.8) is 0 Å². The number of hydrogen-bond donors (Lipinski definition) is 1. The van der Waals surface area contributed by atoms with Crippen molar-refractivity contribution in [1.82, 2.24) is 9.88 Å². The number of nitrogens with zero attached hydrogens (tertiary/aromatic N) is 2. The van der Waals surface area contributed by atoms with Gasteiger partial charge in [0.15, 0.2) is 0 Å². The van der Waals surface area contributed by atoms with Crippen LogP contribution in [0.4, 0.5) is 0 Å².